The van der Waals surface area contributed by atoms with Crippen LogP contribution in [0.1, 0.15) is 30.5 Å². The van der Waals surface area contributed by atoms with Gasteiger partial charge in [0.15, 0.2) is 0 Å². The molecule has 0 saturated carbocycles. The van der Waals surface area contributed by atoms with Gasteiger partial charge in [0.25, 0.3) is 5.91 Å². The van der Waals surface area contributed by atoms with E-state index in [0.717, 1.165) is 17.7 Å². The van der Waals surface area contributed by atoms with Crippen LogP contribution in [0.3, 0.4) is 0 Å². The van der Waals surface area contributed by atoms with Crippen LogP contribution < -0.4 is 10.6 Å². The fraction of sp³-hybridized carbons (Fsp3) is 0.227. The standard InChI is InChI=1S/C22H18F4N4O2/c1-2-14-19(12-7-9-13(23)10-8-12)29-30-17(21(32)28-20(14)30)11-18(31)27-16-6-4-3-5-15(16)22(24,25)26/h3-10,17H,2,11H2,1H3,(H,27,31)(H,28,32). The van der Waals surface area contributed by atoms with Crippen molar-refractivity contribution in [3.63, 3.8) is 0 Å². The zero-order chi connectivity index (χ0) is 23.0. The maximum absolute atomic E-state index is 13.3. The van der Waals surface area contributed by atoms with E-state index in [1.54, 1.807) is 12.1 Å². The van der Waals surface area contributed by atoms with Gasteiger partial charge in [0.2, 0.25) is 5.91 Å². The van der Waals surface area contributed by atoms with E-state index in [-0.39, 0.29) is 5.69 Å². The van der Waals surface area contributed by atoms with Crippen molar-refractivity contribution in [2.24, 2.45) is 0 Å². The van der Waals surface area contributed by atoms with E-state index in [2.05, 4.69) is 15.7 Å². The number of benzene rings is 2. The second kappa shape index (κ2) is 8.10. The molecule has 0 spiro atoms. The summed E-state index contributed by atoms with van der Waals surface area (Å²) in [7, 11) is 0. The third kappa shape index (κ3) is 3.95. The summed E-state index contributed by atoms with van der Waals surface area (Å²) in [6.07, 6.45) is -4.53. The van der Waals surface area contributed by atoms with Crippen LogP contribution in [-0.2, 0) is 22.2 Å². The number of anilines is 2. The number of para-hydroxylation sites is 1. The fourth-order valence-corrected chi connectivity index (χ4v) is 3.71. The molecule has 2 aromatic carbocycles. The molecule has 0 bridgehead atoms. The first kappa shape index (κ1) is 21.5. The molecule has 2 N–H and O–H groups in total. The molecule has 4 rings (SSSR count). The highest BCUT2D eigenvalue weighted by atomic mass is 19.4. The molecule has 1 aliphatic heterocycles. The van der Waals surface area contributed by atoms with E-state index in [1.807, 2.05) is 6.92 Å². The van der Waals surface area contributed by atoms with Gasteiger partial charge in [-0.15, -0.1) is 0 Å². The van der Waals surface area contributed by atoms with Crippen molar-refractivity contribution in [1.29, 1.82) is 0 Å². The molecule has 0 radical (unpaired) electrons. The SMILES string of the molecule is CCc1c(-c2ccc(F)cc2)nn2c1NC(=O)C2CC(=O)Nc1ccccc1C(F)(F)F. The first-order chi connectivity index (χ1) is 15.2. The number of nitrogens with one attached hydrogen (secondary N) is 2. The van der Waals surface area contributed by atoms with Crippen molar-refractivity contribution >= 4 is 23.3 Å². The van der Waals surface area contributed by atoms with Crippen LogP contribution in [-0.4, -0.2) is 21.6 Å². The third-order valence-electron chi connectivity index (χ3n) is 5.20. The Morgan fingerprint density at radius 2 is 1.84 bits per heavy atom. The number of hydrogen-bond acceptors (Lipinski definition) is 3. The van der Waals surface area contributed by atoms with Gasteiger partial charge in [0.1, 0.15) is 17.7 Å². The smallest absolute Gasteiger partial charge is 0.325 e. The van der Waals surface area contributed by atoms with Crippen LogP contribution in [0.5, 0.6) is 0 Å². The Morgan fingerprint density at radius 3 is 2.50 bits per heavy atom. The molecule has 1 atom stereocenters. The second-order valence-corrected chi connectivity index (χ2v) is 7.28. The lowest BCUT2D eigenvalue weighted by atomic mass is 10.1. The van der Waals surface area contributed by atoms with Crippen LogP contribution >= 0.6 is 0 Å². The molecule has 2 heterocycles. The number of rotatable bonds is 5. The molecule has 0 fully saturated rings. The maximum Gasteiger partial charge on any atom is 0.418 e. The van der Waals surface area contributed by atoms with Crippen molar-refractivity contribution in [2.45, 2.75) is 32.0 Å². The lowest BCUT2D eigenvalue weighted by Gasteiger charge is -2.15. The summed E-state index contributed by atoms with van der Waals surface area (Å²) in [5.74, 6) is -1.22. The van der Waals surface area contributed by atoms with E-state index in [4.69, 9.17) is 0 Å². The van der Waals surface area contributed by atoms with E-state index >= 15 is 0 Å². The van der Waals surface area contributed by atoms with E-state index < -0.39 is 41.8 Å². The number of hydrogen-bond donors (Lipinski definition) is 2. The molecule has 1 aromatic heterocycles. The highest BCUT2D eigenvalue weighted by molar-refractivity contribution is 6.02. The minimum Gasteiger partial charge on any atom is -0.325 e. The number of alkyl halides is 3. The fourth-order valence-electron chi connectivity index (χ4n) is 3.71. The van der Waals surface area contributed by atoms with Gasteiger partial charge in [-0.2, -0.15) is 18.3 Å². The third-order valence-corrected chi connectivity index (χ3v) is 5.20. The molecule has 32 heavy (non-hydrogen) atoms. The lowest BCUT2D eigenvalue weighted by molar-refractivity contribution is -0.137. The monoisotopic (exact) mass is 446 g/mol. The summed E-state index contributed by atoms with van der Waals surface area (Å²) in [5.41, 5.74) is 0.536. The van der Waals surface area contributed by atoms with E-state index in [0.29, 0.717) is 23.5 Å². The molecular formula is C22H18F4N4O2. The molecule has 3 aromatic rings. The number of fused-ring (bicyclic) bond motifs is 1. The minimum atomic E-state index is -4.64. The quantitative estimate of drug-likeness (QED) is 0.554. The van der Waals surface area contributed by atoms with Gasteiger partial charge in [0.05, 0.1) is 23.4 Å². The summed E-state index contributed by atoms with van der Waals surface area (Å²) in [4.78, 5) is 25.0. The Morgan fingerprint density at radius 1 is 1.16 bits per heavy atom. The highest BCUT2D eigenvalue weighted by Crippen LogP contribution is 2.38. The molecule has 166 valence electrons. The second-order valence-electron chi connectivity index (χ2n) is 7.28. The van der Waals surface area contributed by atoms with Gasteiger partial charge < -0.3 is 10.6 Å². The molecule has 1 unspecified atom stereocenters. The van der Waals surface area contributed by atoms with Crippen molar-refractivity contribution in [3.8, 4) is 11.3 Å². The molecule has 10 heteroatoms. The zero-order valence-corrected chi connectivity index (χ0v) is 16.8. The molecule has 0 aliphatic carbocycles. The van der Waals surface area contributed by atoms with Gasteiger partial charge in [-0.05, 0) is 42.8 Å². The average Bonchev–Trinajstić information content (AvgIpc) is 3.23. The Balaban J connectivity index is 1.60. The molecular weight excluding hydrogens is 428 g/mol. The Hall–Kier alpha value is -3.69. The maximum atomic E-state index is 13.3. The van der Waals surface area contributed by atoms with Crippen molar-refractivity contribution in [2.75, 3.05) is 10.6 Å². The summed E-state index contributed by atoms with van der Waals surface area (Å²) >= 11 is 0. The number of amides is 2. The number of aromatic nitrogens is 2. The van der Waals surface area contributed by atoms with Crippen LogP contribution in [0.4, 0.5) is 29.1 Å². The number of nitrogens with zero attached hydrogens (tertiary/aromatic N) is 2. The number of carbonyl (C=O) groups is 2. The van der Waals surface area contributed by atoms with E-state index in [1.165, 1.54) is 28.9 Å². The Kier molecular flexibility index (Phi) is 5.45. The van der Waals surface area contributed by atoms with Crippen molar-refractivity contribution in [3.05, 3.63) is 65.5 Å². The topological polar surface area (TPSA) is 76.0 Å². The Labute approximate surface area is 180 Å². The number of carbonyl (C=O) groups excluding carboxylic acids is 2. The first-order valence-electron chi connectivity index (χ1n) is 9.83. The van der Waals surface area contributed by atoms with Gasteiger partial charge in [-0.3, -0.25) is 9.59 Å². The van der Waals surface area contributed by atoms with Crippen LogP contribution in [0.2, 0.25) is 0 Å². The van der Waals surface area contributed by atoms with Crippen molar-refractivity contribution in [1.82, 2.24) is 9.78 Å². The molecule has 2 amide bonds. The number of halogens is 4. The largest absolute Gasteiger partial charge is 0.418 e. The molecule has 6 nitrogen and oxygen atoms in total. The molecule has 1 aliphatic rings. The van der Waals surface area contributed by atoms with E-state index in [9.17, 15) is 27.2 Å². The highest BCUT2D eigenvalue weighted by Gasteiger charge is 2.37. The minimum absolute atomic E-state index is 0.384. The van der Waals surface area contributed by atoms with Crippen LogP contribution in [0.15, 0.2) is 48.5 Å². The molecule has 0 saturated heterocycles. The lowest BCUT2D eigenvalue weighted by Crippen LogP contribution is -2.24. The van der Waals surface area contributed by atoms with Crippen LogP contribution in [0.25, 0.3) is 11.3 Å². The first-order valence-corrected chi connectivity index (χ1v) is 9.83. The summed E-state index contributed by atoms with van der Waals surface area (Å²) < 4.78 is 54.2. The van der Waals surface area contributed by atoms with Crippen LogP contribution in [0, 0.1) is 5.82 Å². The zero-order valence-electron chi connectivity index (χ0n) is 16.8. The summed E-state index contributed by atoms with van der Waals surface area (Å²) in [6, 6.07) is 9.30. The van der Waals surface area contributed by atoms with Gasteiger partial charge >= 0.3 is 6.18 Å². The van der Waals surface area contributed by atoms with Gasteiger partial charge in [0, 0.05) is 11.1 Å². The summed E-state index contributed by atoms with van der Waals surface area (Å²) in [6.45, 7) is 1.87. The predicted octanol–water partition coefficient (Wildman–Crippen LogP) is 4.79. The van der Waals surface area contributed by atoms with Gasteiger partial charge in [-0.1, -0.05) is 19.1 Å². The average molecular weight is 446 g/mol. The van der Waals surface area contributed by atoms with Crippen molar-refractivity contribution < 1.29 is 27.2 Å². The Bertz CT molecular complexity index is 1190. The summed E-state index contributed by atoms with van der Waals surface area (Å²) in [5, 5.41) is 9.41. The van der Waals surface area contributed by atoms with Gasteiger partial charge in [-0.25, -0.2) is 9.07 Å². The normalized spacial score (nSPS) is 15.4. The predicted molar refractivity (Wildman–Crippen MR) is 109 cm³/mol.